The quantitative estimate of drug-likeness (QED) is 0.414. The minimum Gasteiger partial charge on any atom is -0.453 e. The van der Waals surface area contributed by atoms with Crippen molar-refractivity contribution in [3.63, 3.8) is 0 Å². The first-order chi connectivity index (χ1) is 12.9. The van der Waals surface area contributed by atoms with Crippen LogP contribution in [0.25, 0.3) is 44.2 Å². The number of fused-ring (bicyclic) bond motifs is 7. The predicted molar refractivity (Wildman–Crippen MR) is 103 cm³/mol. The summed E-state index contributed by atoms with van der Waals surface area (Å²) in [6.07, 6.45) is 5.29. The summed E-state index contributed by atoms with van der Waals surface area (Å²) in [4.78, 5) is 9.36. The summed E-state index contributed by atoms with van der Waals surface area (Å²) in [6.45, 7) is 1.02. The second-order valence-electron chi connectivity index (χ2n) is 6.95. The number of imidazole rings is 1. The smallest absolute Gasteiger partial charge is 0.161 e. The molecule has 1 aliphatic rings. The third-order valence-electron chi connectivity index (χ3n) is 5.42. The molecule has 0 aliphatic carbocycles. The van der Waals surface area contributed by atoms with Crippen molar-refractivity contribution in [2.75, 3.05) is 0 Å². The van der Waals surface area contributed by atoms with E-state index in [-0.39, 0.29) is 0 Å². The molecule has 0 radical (unpaired) electrons. The molecule has 4 nitrogen and oxygen atoms in total. The number of furan rings is 1. The van der Waals surface area contributed by atoms with Gasteiger partial charge in [-0.05, 0) is 43.2 Å². The highest BCUT2D eigenvalue weighted by Gasteiger charge is 2.20. The molecule has 6 rings (SSSR count). The molecule has 2 aromatic carbocycles. The zero-order chi connectivity index (χ0) is 17.1. The number of para-hydroxylation sites is 1. The van der Waals surface area contributed by atoms with E-state index in [4.69, 9.17) is 9.40 Å². The Kier molecular flexibility index (Phi) is 2.80. The SMILES string of the molecule is c1ccc(-c2cccc3c2oc2c3ccc3nc4n(c32)CCCC4)nc1. The van der Waals surface area contributed by atoms with Gasteiger partial charge in [-0.1, -0.05) is 18.2 Å². The summed E-state index contributed by atoms with van der Waals surface area (Å²) in [6, 6.07) is 16.5. The molecule has 0 bridgehead atoms. The Morgan fingerprint density at radius 1 is 0.885 bits per heavy atom. The largest absolute Gasteiger partial charge is 0.453 e. The normalized spacial score (nSPS) is 14.3. The number of benzene rings is 2. The van der Waals surface area contributed by atoms with Crippen molar-refractivity contribution in [1.29, 1.82) is 0 Å². The van der Waals surface area contributed by atoms with Crippen LogP contribution in [0.5, 0.6) is 0 Å². The Bertz CT molecular complexity index is 1280. The molecule has 4 heteroatoms. The van der Waals surface area contributed by atoms with Crippen LogP contribution >= 0.6 is 0 Å². The number of aryl methyl sites for hydroxylation is 2. The van der Waals surface area contributed by atoms with Gasteiger partial charge < -0.3 is 8.98 Å². The summed E-state index contributed by atoms with van der Waals surface area (Å²) >= 11 is 0. The molecule has 0 saturated carbocycles. The minimum atomic E-state index is 0.903. The number of rotatable bonds is 1. The molecule has 0 spiro atoms. The van der Waals surface area contributed by atoms with Gasteiger partial charge in [-0.15, -0.1) is 0 Å². The Morgan fingerprint density at radius 2 is 1.85 bits per heavy atom. The average molecular weight is 339 g/mol. The molecule has 26 heavy (non-hydrogen) atoms. The van der Waals surface area contributed by atoms with E-state index in [1.165, 1.54) is 18.7 Å². The van der Waals surface area contributed by atoms with E-state index in [0.717, 1.165) is 57.2 Å². The Hall–Kier alpha value is -3.14. The summed E-state index contributed by atoms with van der Waals surface area (Å²) in [5.74, 6) is 1.18. The summed E-state index contributed by atoms with van der Waals surface area (Å²) in [5, 5.41) is 2.29. The Balaban J connectivity index is 1.74. The van der Waals surface area contributed by atoms with Crippen LogP contribution in [0.2, 0.25) is 0 Å². The summed E-state index contributed by atoms with van der Waals surface area (Å²) in [5.41, 5.74) is 5.99. The highest BCUT2D eigenvalue weighted by molar-refractivity contribution is 6.15. The van der Waals surface area contributed by atoms with Crippen LogP contribution in [-0.4, -0.2) is 14.5 Å². The lowest BCUT2D eigenvalue weighted by molar-refractivity contribution is 0.531. The fourth-order valence-electron chi connectivity index (χ4n) is 4.23. The third kappa shape index (κ3) is 1.84. The van der Waals surface area contributed by atoms with E-state index in [1.807, 2.05) is 24.4 Å². The van der Waals surface area contributed by atoms with Gasteiger partial charge in [0, 0.05) is 35.5 Å². The second kappa shape index (κ2) is 5.18. The number of nitrogens with zero attached hydrogens (tertiary/aromatic N) is 3. The number of hydrogen-bond acceptors (Lipinski definition) is 3. The van der Waals surface area contributed by atoms with E-state index in [9.17, 15) is 0 Å². The first-order valence-electron chi connectivity index (χ1n) is 9.15. The van der Waals surface area contributed by atoms with E-state index in [2.05, 4.69) is 39.9 Å². The molecule has 4 heterocycles. The van der Waals surface area contributed by atoms with Crippen molar-refractivity contribution >= 4 is 33.0 Å². The molecular formula is C22H17N3O. The Labute approximate surface area is 150 Å². The zero-order valence-corrected chi connectivity index (χ0v) is 14.3. The standard InChI is InChI=1S/C22H17N3O/c1-3-12-23-17(8-1)16-7-5-6-14-15-10-11-18-20(22(15)26-21(14)16)25-13-4-2-9-19(25)24-18/h1,3,5-8,10-12H,2,4,9,13H2. The maximum absolute atomic E-state index is 6.47. The van der Waals surface area contributed by atoms with Crippen LogP contribution in [-0.2, 0) is 13.0 Å². The average Bonchev–Trinajstić information content (AvgIpc) is 3.26. The van der Waals surface area contributed by atoms with Crippen LogP contribution in [0, 0.1) is 0 Å². The topological polar surface area (TPSA) is 43.9 Å². The molecule has 126 valence electrons. The molecule has 5 aromatic rings. The lowest BCUT2D eigenvalue weighted by Crippen LogP contribution is -2.10. The molecule has 1 aliphatic heterocycles. The first-order valence-corrected chi connectivity index (χ1v) is 9.15. The van der Waals surface area contributed by atoms with Crippen molar-refractivity contribution < 1.29 is 4.42 Å². The maximum atomic E-state index is 6.47. The molecule has 0 unspecified atom stereocenters. The van der Waals surface area contributed by atoms with E-state index < -0.39 is 0 Å². The molecule has 0 fully saturated rings. The zero-order valence-electron chi connectivity index (χ0n) is 14.3. The van der Waals surface area contributed by atoms with Crippen LogP contribution in [0.4, 0.5) is 0 Å². The molecule has 0 atom stereocenters. The van der Waals surface area contributed by atoms with Crippen molar-refractivity contribution in [1.82, 2.24) is 14.5 Å². The molecule has 0 amide bonds. The second-order valence-corrected chi connectivity index (χ2v) is 6.95. The minimum absolute atomic E-state index is 0.903. The van der Waals surface area contributed by atoms with E-state index in [0.29, 0.717) is 0 Å². The van der Waals surface area contributed by atoms with Crippen molar-refractivity contribution in [3.8, 4) is 11.3 Å². The number of aromatic nitrogens is 3. The monoisotopic (exact) mass is 339 g/mol. The van der Waals surface area contributed by atoms with E-state index in [1.54, 1.807) is 0 Å². The third-order valence-corrected chi connectivity index (χ3v) is 5.42. The maximum Gasteiger partial charge on any atom is 0.161 e. The number of pyridine rings is 1. The molecule has 3 aromatic heterocycles. The van der Waals surface area contributed by atoms with Crippen LogP contribution < -0.4 is 0 Å². The van der Waals surface area contributed by atoms with Crippen LogP contribution in [0.1, 0.15) is 18.7 Å². The van der Waals surface area contributed by atoms with Crippen LogP contribution in [0.15, 0.2) is 59.1 Å². The van der Waals surface area contributed by atoms with Crippen molar-refractivity contribution in [2.24, 2.45) is 0 Å². The number of hydrogen-bond donors (Lipinski definition) is 0. The molecular weight excluding hydrogens is 322 g/mol. The lowest BCUT2D eigenvalue weighted by atomic mass is 10.1. The van der Waals surface area contributed by atoms with Gasteiger partial charge in [-0.2, -0.15) is 0 Å². The summed E-state index contributed by atoms with van der Waals surface area (Å²) in [7, 11) is 0. The van der Waals surface area contributed by atoms with Gasteiger partial charge in [-0.25, -0.2) is 4.98 Å². The van der Waals surface area contributed by atoms with Gasteiger partial charge in [0.05, 0.1) is 11.2 Å². The van der Waals surface area contributed by atoms with E-state index >= 15 is 0 Å². The summed E-state index contributed by atoms with van der Waals surface area (Å²) < 4.78 is 8.83. The van der Waals surface area contributed by atoms with Gasteiger partial charge >= 0.3 is 0 Å². The van der Waals surface area contributed by atoms with Gasteiger partial charge in [0.1, 0.15) is 16.9 Å². The highest BCUT2D eigenvalue weighted by Crippen LogP contribution is 2.38. The molecule has 0 saturated heterocycles. The lowest BCUT2D eigenvalue weighted by Gasteiger charge is -2.13. The van der Waals surface area contributed by atoms with Gasteiger partial charge in [0.25, 0.3) is 0 Å². The van der Waals surface area contributed by atoms with Crippen molar-refractivity contribution in [3.05, 3.63) is 60.6 Å². The highest BCUT2D eigenvalue weighted by atomic mass is 16.3. The first kappa shape index (κ1) is 14.1. The molecule has 0 N–H and O–H groups in total. The Morgan fingerprint density at radius 3 is 2.77 bits per heavy atom. The van der Waals surface area contributed by atoms with Gasteiger partial charge in [-0.3, -0.25) is 4.98 Å². The van der Waals surface area contributed by atoms with Gasteiger partial charge in [0.15, 0.2) is 5.58 Å². The fraction of sp³-hybridized carbons (Fsp3) is 0.182. The van der Waals surface area contributed by atoms with Crippen molar-refractivity contribution in [2.45, 2.75) is 25.8 Å². The predicted octanol–water partition coefficient (Wildman–Crippen LogP) is 5.33. The van der Waals surface area contributed by atoms with Gasteiger partial charge in [0.2, 0.25) is 0 Å². The van der Waals surface area contributed by atoms with Crippen LogP contribution in [0.3, 0.4) is 0 Å². The fourth-order valence-corrected chi connectivity index (χ4v) is 4.23.